The molecule has 0 bridgehead atoms. The highest BCUT2D eigenvalue weighted by atomic mass is 32.2. The molecule has 0 saturated heterocycles. The van der Waals surface area contributed by atoms with Crippen LogP contribution in [0.5, 0.6) is 5.75 Å². The third-order valence-corrected chi connectivity index (χ3v) is 10.9. The van der Waals surface area contributed by atoms with Gasteiger partial charge in [-0.1, -0.05) is 179 Å². The highest BCUT2D eigenvalue weighted by Gasteiger charge is 2.24. The second kappa shape index (κ2) is 25.9. The first kappa shape index (κ1) is 40.1. The summed E-state index contributed by atoms with van der Waals surface area (Å²) in [5.74, 6) is 0.895. The summed E-state index contributed by atoms with van der Waals surface area (Å²) in [5, 5.41) is 10.4. The van der Waals surface area contributed by atoms with E-state index in [1.807, 2.05) is 36.4 Å². The zero-order valence-corrected chi connectivity index (χ0v) is 30.2. The minimum Gasteiger partial charge on any atom is -0.494 e. The summed E-state index contributed by atoms with van der Waals surface area (Å²) in [6.45, 7) is 5.25. The number of sulfone groups is 1. The Bertz CT molecular complexity index is 1120. The Kier molecular flexibility index (Phi) is 22.6. The monoisotopic (exact) mass is 654 g/mol. The van der Waals surface area contributed by atoms with Gasteiger partial charge < -0.3 is 9.84 Å². The van der Waals surface area contributed by atoms with Crippen molar-refractivity contribution in [2.24, 2.45) is 0 Å². The molecular formula is C41H66O4S. The van der Waals surface area contributed by atoms with E-state index in [2.05, 4.69) is 13.8 Å². The molecule has 5 heteroatoms. The average molecular weight is 655 g/mol. The van der Waals surface area contributed by atoms with Crippen LogP contribution >= 0.6 is 0 Å². The normalized spacial score (nSPS) is 12.6. The molecule has 2 rings (SSSR count). The summed E-state index contributed by atoms with van der Waals surface area (Å²) in [6, 6.07) is 14.9. The molecule has 1 unspecified atom stereocenters. The first-order valence-electron chi connectivity index (χ1n) is 18.9. The molecule has 0 spiro atoms. The molecule has 0 aliphatic heterocycles. The van der Waals surface area contributed by atoms with Crippen LogP contribution in [0.1, 0.15) is 173 Å². The van der Waals surface area contributed by atoms with Crippen LogP contribution in [-0.2, 0) is 9.84 Å². The minimum atomic E-state index is -3.74. The van der Waals surface area contributed by atoms with Gasteiger partial charge in [0.1, 0.15) is 5.75 Å². The van der Waals surface area contributed by atoms with Crippen molar-refractivity contribution >= 4 is 22.0 Å². The first-order valence-corrected chi connectivity index (χ1v) is 20.4. The number of unbranched alkanes of at least 4 members (excludes halogenated alkanes) is 20. The lowest BCUT2D eigenvalue weighted by Crippen LogP contribution is -2.20. The Balaban J connectivity index is 1.58. The summed E-state index contributed by atoms with van der Waals surface area (Å²) >= 11 is 0. The fraction of sp³-hybridized carbons (Fsp3) is 0.659. The van der Waals surface area contributed by atoms with Crippen LogP contribution in [0.25, 0.3) is 12.2 Å². The molecule has 0 amide bonds. The number of ether oxygens (including phenoxy) is 1. The van der Waals surface area contributed by atoms with Crippen LogP contribution in [0.3, 0.4) is 0 Å². The van der Waals surface area contributed by atoms with E-state index in [-0.39, 0.29) is 11.3 Å². The van der Waals surface area contributed by atoms with E-state index >= 15 is 0 Å². The van der Waals surface area contributed by atoms with Gasteiger partial charge in [0, 0.05) is 0 Å². The second-order valence-corrected chi connectivity index (χ2v) is 15.3. The van der Waals surface area contributed by atoms with Crippen molar-refractivity contribution in [3.8, 4) is 5.75 Å². The Labute approximate surface area is 283 Å². The van der Waals surface area contributed by atoms with E-state index in [1.165, 1.54) is 116 Å². The van der Waals surface area contributed by atoms with Gasteiger partial charge in [0.15, 0.2) is 5.44 Å². The maximum Gasteiger partial charge on any atom is 0.204 e. The van der Waals surface area contributed by atoms with Crippen molar-refractivity contribution in [2.75, 3.05) is 6.61 Å². The Morgan fingerprint density at radius 3 is 1.35 bits per heavy atom. The molecular weight excluding hydrogens is 589 g/mol. The van der Waals surface area contributed by atoms with Crippen molar-refractivity contribution in [3.63, 3.8) is 0 Å². The van der Waals surface area contributed by atoms with Gasteiger partial charge in [0.2, 0.25) is 9.84 Å². The Morgan fingerprint density at radius 1 is 0.543 bits per heavy atom. The molecule has 0 fully saturated rings. The van der Waals surface area contributed by atoms with Crippen LogP contribution in [0.4, 0.5) is 0 Å². The minimum absolute atomic E-state index is 0.178. The molecule has 0 aromatic heterocycles. The van der Waals surface area contributed by atoms with E-state index in [0.717, 1.165) is 49.2 Å². The fourth-order valence-corrected chi connectivity index (χ4v) is 7.19. The van der Waals surface area contributed by atoms with Crippen molar-refractivity contribution in [3.05, 3.63) is 59.7 Å². The molecule has 1 N–H and O–H groups in total. The van der Waals surface area contributed by atoms with Crippen LogP contribution in [0.2, 0.25) is 0 Å². The lowest BCUT2D eigenvalue weighted by Gasteiger charge is -2.12. The summed E-state index contributed by atoms with van der Waals surface area (Å²) in [4.78, 5) is 0.178. The van der Waals surface area contributed by atoms with Crippen LogP contribution in [-0.4, -0.2) is 25.6 Å². The maximum absolute atomic E-state index is 12.8. The first-order chi connectivity index (χ1) is 22.5. The number of hydrogen-bond acceptors (Lipinski definition) is 4. The topological polar surface area (TPSA) is 63.6 Å². The number of benzene rings is 2. The lowest BCUT2D eigenvalue weighted by molar-refractivity contribution is 0.233. The van der Waals surface area contributed by atoms with Crippen molar-refractivity contribution in [1.82, 2.24) is 0 Å². The van der Waals surface area contributed by atoms with Gasteiger partial charge in [-0.05, 0) is 54.7 Å². The second-order valence-electron chi connectivity index (χ2n) is 13.2. The number of aliphatic hydroxyl groups excluding tert-OH is 1. The summed E-state index contributed by atoms with van der Waals surface area (Å²) in [6.07, 6.45) is 32.3. The van der Waals surface area contributed by atoms with Crippen molar-refractivity contribution in [2.45, 2.75) is 172 Å². The fourth-order valence-electron chi connectivity index (χ4n) is 5.89. The lowest BCUT2D eigenvalue weighted by atomic mass is 10.0. The third kappa shape index (κ3) is 18.3. The van der Waals surface area contributed by atoms with Gasteiger partial charge in [-0.3, -0.25) is 0 Å². The van der Waals surface area contributed by atoms with Gasteiger partial charge >= 0.3 is 0 Å². The molecule has 0 saturated carbocycles. The maximum atomic E-state index is 12.8. The molecule has 0 aliphatic carbocycles. The van der Waals surface area contributed by atoms with Crippen LogP contribution in [0, 0.1) is 0 Å². The van der Waals surface area contributed by atoms with Gasteiger partial charge in [0.25, 0.3) is 0 Å². The molecule has 0 radical (unpaired) electrons. The molecule has 4 nitrogen and oxygen atoms in total. The molecule has 2 aromatic rings. The molecule has 260 valence electrons. The van der Waals surface area contributed by atoms with Gasteiger partial charge in [-0.15, -0.1) is 0 Å². The standard InChI is InChI=1S/C41H66O4S/c1-3-5-7-9-11-13-14-15-16-17-18-20-22-24-36-45-39-32-28-37(29-33-39)26-27-38-30-34-40(35-31-38)46(43,44)41(42)25-23-21-19-12-10-8-6-4-2/h26-35,41-42H,3-25,36H2,1-2H3. The number of rotatable bonds is 29. The number of hydrogen-bond donors (Lipinski definition) is 1. The Morgan fingerprint density at radius 2 is 0.913 bits per heavy atom. The van der Waals surface area contributed by atoms with E-state index in [9.17, 15) is 13.5 Å². The van der Waals surface area contributed by atoms with Gasteiger partial charge in [-0.25, -0.2) is 8.42 Å². The summed E-state index contributed by atoms with van der Waals surface area (Å²) in [5.41, 5.74) is 0.625. The Hall–Kier alpha value is -2.11. The van der Waals surface area contributed by atoms with E-state index in [4.69, 9.17) is 4.74 Å². The van der Waals surface area contributed by atoms with Crippen LogP contribution < -0.4 is 4.74 Å². The zero-order chi connectivity index (χ0) is 33.1. The predicted octanol–water partition coefficient (Wildman–Crippen LogP) is 12.3. The number of aliphatic hydroxyl groups is 1. The van der Waals surface area contributed by atoms with E-state index < -0.39 is 15.3 Å². The molecule has 46 heavy (non-hydrogen) atoms. The quantitative estimate of drug-likeness (QED) is 0.0700. The summed E-state index contributed by atoms with van der Waals surface area (Å²) in [7, 11) is -3.74. The van der Waals surface area contributed by atoms with Crippen molar-refractivity contribution in [1.29, 1.82) is 0 Å². The highest BCUT2D eigenvalue weighted by molar-refractivity contribution is 7.91. The zero-order valence-electron chi connectivity index (χ0n) is 29.4. The van der Waals surface area contributed by atoms with E-state index in [0.29, 0.717) is 0 Å². The smallest absolute Gasteiger partial charge is 0.204 e. The predicted molar refractivity (Wildman–Crippen MR) is 198 cm³/mol. The average Bonchev–Trinajstić information content (AvgIpc) is 3.07. The molecule has 0 heterocycles. The van der Waals surface area contributed by atoms with E-state index in [1.54, 1.807) is 24.3 Å². The molecule has 1 atom stereocenters. The molecule has 2 aromatic carbocycles. The van der Waals surface area contributed by atoms with Gasteiger partial charge in [-0.2, -0.15) is 0 Å². The molecule has 0 aliphatic rings. The van der Waals surface area contributed by atoms with Crippen molar-refractivity contribution < 1.29 is 18.3 Å². The largest absolute Gasteiger partial charge is 0.494 e. The van der Waals surface area contributed by atoms with Gasteiger partial charge in [0.05, 0.1) is 11.5 Å². The summed E-state index contributed by atoms with van der Waals surface area (Å²) < 4.78 is 31.6. The SMILES string of the molecule is CCCCCCCCCCCCCCCCOc1ccc(C=Cc2ccc(S(=O)(=O)C(O)CCCCCCCCCC)cc2)cc1. The third-order valence-electron chi connectivity index (χ3n) is 8.99. The highest BCUT2D eigenvalue weighted by Crippen LogP contribution is 2.22. The van der Waals surface area contributed by atoms with Crippen LogP contribution in [0.15, 0.2) is 53.4 Å².